The molecule has 0 aromatic heterocycles. The molecule has 0 atom stereocenters. The van der Waals surface area contributed by atoms with Gasteiger partial charge in [-0.2, -0.15) is 0 Å². The number of hydrogen-bond acceptors (Lipinski definition) is 2. The summed E-state index contributed by atoms with van der Waals surface area (Å²) in [5, 5.41) is 0. The summed E-state index contributed by atoms with van der Waals surface area (Å²) in [6.07, 6.45) is 0. The molecule has 18 heavy (non-hydrogen) atoms. The molecule has 94 valence electrons. The highest BCUT2D eigenvalue weighted by Crippen LogP contribution is 2.29. The predicted octanol–water partition coefficient (Wildman–Crippen LogP) is 4.15. The first-order valence-electron chi connectivity index (χ1n) is 5.52. The molecule has 0 aliphatic rings. The van der Waals surface area contributed by atoms with Crippen molar-refractivity contribution in [2.75, 3.05) is 0 Å². The molecular formula is C14H13BrFNO. The molecule has 0 aliphatic carbocycles. The second kappa shape index (κ2) is 5.50. The molecule has 2 nitrogen and oxygen atoms in total. The van der Waals surface area contributed by atoms with Crippen molar-refractivity contribution in [2.45, 2.75) is 13.5 Å². The molecule has 2 rings (SSSR count). The van der Waals surface area contributed by atoms with E-state index in [0.29, 0.717) is 18.0 Å². The highest BCUT2D eigenvalue weighted by atomic mass is 79.9. The second-order valence-electron chi connectivity index (χ2n) is 3.97. The van der Waals surface area contributed by atoms with Gasteiger partial charge in [-0.25, -0.2) is 4.39 Å². The molecule has 0 heterocycles. The van der Waals surface area contributed by atoms with Gasteiger partial charge in [0.2, 0.25) is 0 Å². The molecule has 0 unspecified atom stereocenters. The van der Waals surface area contributed by atoms with Gasteiger partial charge in [0.05, 0.1) is 0 Å². The van der Waals surface area contributed by atoms with Crippen molar-refractivity contribution in [3.63, 3.8) is 0 Å². The molecule has 0 bridgehead atoms. The SMILES string of the molecule is Cc1cc(F)ccc1Oc1ccc(CN)c(Br)c1. The van der Waals surface area contributed by atoms with Gasteiger partial charge in [0.25, 0.3) is 0 Å². The van der Waals surface area contributed by atoms with Gasteiger partial charge in [0.1, 0.15) is 17.3 Å². The molecule has 2 aromatic rings. The number of benzene rings is 2. The number of ether oxygens (including phenoxy) is 1. The van der Waals surface area contributed by atoms with E-state index in [-0.39, 0.29) is 5.82 Å². The fraction of sp³-hybridized carbons (Fsp3) is 0.143. The van der Waals surface area contributed by atoms with Gasteiger partial charge in [0.15, 0.2) is 0 Å². The molecule has 0 amide bonds. The Hall–Kier alpha value is -1.39. The third-order valence-electron chi connectivity index (χ3n) is 2.61. The zero-order valence-corrected chi connectivity index (χ0v) is 11.5. The number of aryl methyl sites for hydroxylation is 1. The monoisotopic (exact) mass is 309 g/mol. The van der Waals surface area contributed by atoms with Crippen LogP contribution in [0, 0.1) is 12.7 Å². The normalized spacial score (nSPS) is 10.4. The van der Waals surface area contributed by atoms with E-state index in [0.717, 1.165) is 15.6 Å². The Bertz CT molecular complexity index is 572. The van der Waals surface area contributed by atoms with E-state index < -0.39 is 0 Å². The van der Waals surface area contributed by atoms with Gasteiger partial charge in [-0.3, -0.25) is 0 Å². The molecule has 2 N–H and O–H groups in total. The Morgan fingerprint density at radius 1 is 1.22 bits per heavy atom. The number of halogens is 2. The van der Waals surface area contributed by atoms with Crippen LogP contribution in [0.25, 0.3) is 0 Å². The van der Waals surface area contributed by atoms with Crippen molar-refractivity contribution >= 4 is 15.9 Å². The average molecular weight is 310 g/mol. The first-order chi connectivity index (χ1) is 8.60. The maximum atomic E-state index is 13.0. The van der Waals surface area contributed by atoms with Crippen molar-refractivity contribution in [3.05, 3.63) is 57.8 Å². The van der Waals surface area contributed by atoms with Crippen LogP contribution in [0.15, 0.2) is 40.9 Å². The minimum absolute atomic E-state index is 0.264. The zero-order chi connectivity index (χ0) is 13.1. The van der Waals surface area contributed by atoms with E-state index >= 15 is 0 Å². The summed E-state index contributed by atoms with van der Waals surface area (Å²) >= 11 is 3.43. The van der Waals surface area contributed by atoms with Crippen LogP contribution in [0.1, 0.15) is 11.1 Å². The maximum Gasteiger partial charge on any atom is 0.130 e. The average Bonchev–Trinajstić information content (AvgIpc) is 2.33. The standard InChI is InChI=1S/C14H13BrFNO/c1-9-6-11(16)3-5-14(9)18-12-4-2-10(8-17)13(15)7-12/h2-7H,8,17H2,1H3. The van der Waals surface area contributed by atoms with Gasteiger partial charge in [-0.15, -0.1) is 0 Å². The Morgan fingerprint density at radius 3 is 2.61 bits per heavy atom. The lowest BCUT2D eigenvalue weighted by Crippen LogP contribution is -1.97. The maximum absolute atomic E-state index is 13.0. The van der Waals surface area contributed by atoms with E-state index in [1.54, 1.807) is 6.07 Å². The highest BCUT2D eigenvalue weighted by Gasteiger charge is 2.05. The fourth-order valence-electron chi connectivity index (χ4n) is 1.61. The van der Waals surface area contributed by atoms with Crippen molar-refractivity contribution in [2.24, 2.45) is 5.73 Å². The lowest BCUT2D eigenvalue weighted by atomic mass is 10.2. The highest BCUT2D eigenvalue weighted by molar-refractivity contribution is 9.10. The van der Waals surface area contributed by atoms with Gasteiger partial charge < -0.3 is 10.5 Å². The van der Waals surface area contributed by atoms with Gasteiger partial charge in [-0.1, -0.05) is 22.0 Å². The summed E-state index contributed by atoms with van der Waals surface area (Å²) < 4.78 is 19.6. The Morgan fingerprint density at radius 2 is 2.00 bits per heavy atom. The Labute approximate surface area is 114 Å². The minimum atomic E-state index is -0.264. The van der Waals surface area contributed by atoms with Crippen LogP contribution < -0.4 is 10.5 Å². The number of hydrogen-bond donors (Lipinski definition) is 1. The minimum Gasteiger partial charge on any atom is -0.457 e. The molecule has 0 fully saturated rings. The van der Waals surface area contributed by atoms with Crippen LogP contribution in [0.4, 0.5) is 4.39 Å². The molecule has 0 radical (unpaired) electrons. The summed E-state index contributed by atoms with van der Waals surface area (Å²) in [4.78, 5) is 0. The van der Waals surface area contributed by atoms with Crippen LogP contribution in [-0.4, -0.2) is 0 Å². The molecule has 0 saturated heterocycles. The van der Waals surface area contributed by atoms with Gasteiger partial charge in [-0.05, 0) is 48.4 Å². The van der Waals surface area contributed by atoms with Gasteiger partial charge in [0, 0.05) is 11.0 Å². The zero-order valence-electron chi connectivity index (χ0n) is 9.91. The molecule has 4 heteroatoms. The summed E-state index contributed by atoms with van der Waals surface area (Å²) in [7, 11) is 0. The Balaban J connectivity index is 2.26. The van der Waals surface area contributed by atoms with Crippen molar-refractivity contribution in [1.29, 1.82) is 0 Å². The van der Waals surface area contributed by atoms with E-state index in [9.17, 15) is 4.39 Å². The third-order valence-corrected chi connectivity index (χ3v) is 3.35. The summed E-state index contributed by atoms with van der Waals surface area (Å²) in [5.41, 5.74) is 7.35. The van der Waals surface area contributed by atoms with Crippen LogP contribution in [0.2, 0.25) is 0 Å². The van der Waals surface area contributed by atoms with Crippen LogP contribution in [0.5, 0.6) is 11.5 Å². The molecule has 2 aromatic carbocycles. The summed E-state index contributed by atoms with van der Waals surface area (Å²) in [6, 6.07) is 10.0. The molecular weight excluding hydrogens is 297 g/mol. The van der Waals surface area contributed by atoms with E-state index in [2.05, 4.69) is 15.9 Å². The van der Waals surface area contributed by atoms with E-state index in [1.165, 1.54) is 12.1 Å². The van der Waals surface area contributed by atoms with Crippen molar-refractivity contribution in [3.8, 4) is 11.5 Å². The predicted molar refractivity (Wildman–Crippen MR) is 73.2 cm³/mol. The lowest BCUT2D eigenvalue weighted by Gasteiger charge is -2.10. The first-order valence-corrected chi connectivity index (χ1v) is 6.32. The third kappa shape index (κ3) is 2.89. The topological polar surface area (TPSA) is 35.2 Å². The second-order valence-corrected chi connectivity index (χ2v) is 4.82. The molecule has 0 spiro atoms. The lowest BCUT2D eigenvalue weighted by molar-refractivity contribution is 0.476. The summed E-state index contributed by atoms with van der Waals surface area (Å²) in [5.74, 6) is 1.07. The molecule has 0 saturated carbocycles. The quantitative estimate of drug-likeness (QED) is 0.924. The fourth-order valence-corrected chi connectivity index (χ4v) is 2.13. The largest absolute Gasteiger partial charge is 0.457 e. The van der Waals surface area contributed by atoms with Crippen molar-refractivity contribution < 1.29 is 9.13 Å². The molecule has 0 aliphatic heterocycles. The van der Waals surface area contributed by atoms with E-state index in [1.807, 2.05) is 25.1 Å². The Kier molecular flexibility index (Phi) is 3.99. The van der Waals surface area contributed by atoms with Gasteiger partial charge >= 0.3 is 0 Å². The number of nitrogens with two attached hydrogens (primary N) is 1. The smallest absolute Gasteiger partial charge is 0.130 e. The van der Waals surface area contributed by atoms with Crippen molar-refractivity contribution in [1.82, 2.24) is 0 Å². The van der Waals surface area contributed by atoms with Crippen LogP contribution in [0.3, 0.4) is 0 Å². The summed E-state index contributed by atoms with van der Waals surface area (Å²) in [6.45, 7) is 2.28. The van der Waals surface area contributed by atoms with Crippen LogP contribution >= 0.6 is 15.9 Å². The first kappa shape index (κ1) is 13.1. The van der Waals surface area contributed by atoms with E-state index in [4.69, 9.17) is 10.5 Å². The van der Waals surface area contributed by atoms with Crippen LogP contribution in [-0.2, 0) is 6.54 Å². The number of rotatable bonds is 3.